The first kappa shape index (κ1) is 15.4. The Bertz CT molecular complexity index is 670. The van der Waals surface area contributed by atoms with Gasteiger partial charge in [-0.15, -0.1) is 0 Å². The fourth-order valence-electron chi connectivity index (χ4n) is 3.91. The van der Waals surface area contributed by atoms with E-state index in [1.165, 1.54) is 12.8 Å². The van der Waals surface area contributed by atoms with Crippen LogP contribution in [0.1, 0.15) is 36.0 Å². The molecule has 0 saturated carbocycles. The Morgan fingerprint density at radius 2 is 1.91 bits per heavy atom. The molecule has 2 aromatic rings. The first-order chi connectivity index (χ1) is 10.2. The van der Waals surface area contributed by atoms with Gasteiger partial charge >= 0.3 is 5.97 Å². The summed E-state index contributed by atoms with van der Waals surface area (Å²) in [6, 6.07) is 9.02. The average molecular weight is 320 g/mol. The second kappa shape index (κ2) is 5.94. The number of nitrogens with one attached hydrogen (secondary N) is 1. The van der Waals surface area contributed by atoms with Gasteiger partial charge in [0.05, 0.1) is 5.56 Å². The van der Waals surface area contributed by atoms with Crippen LogP contribution in [0, 0.1) is 0 Å². The topological polar surface area (TPSA) is 45.3 Å². The van der Waals surface area contributed by atoms with Gasteiger partial charge in [0.15, 0.2) is 0 Å². The number of carbonyl (C=O) groups excluding carboxylic acids is 1. The van der Waals surface area contributed by atoms with E-state index in [4.69, 9.17) is 4.74 Å². The maximum Gasteiger partial charge on any atom is 0.340 e. The van der Waals surface area contributed by atoms with Gasteiger partial charge in [0.2, 0.25) is 0 Å². The minimum atomic E-state index is -0.193. The number of nitrogens with zero attached hydrogens (tertiary/aromatic N) is 1. The zero-order chi connectivity index (χ0) is 14.4. The molecule has 2 aliphatic rings. The Morgan fingerprint density at radius 1 is 1.23 bits per heavy atom. The lowest BCUT2D eigenvalue weighted by Crippen LogP contribution is -3.00. The number of ether oxygens (including phenoxy) is 1. The third-order valence-electron chi connectivity index (χ3n) is 5.14. The van der Waals surface area contributed by atoms with Gasteiger partial charge in [-0.2, -0.15) is 0 Å². The molecule has 0 aliphatic carbocycles. The molecule has 2 fully saturated rings. The number of benzene rings is 1. The number of aromatic amines is 1. The Morgan fingerprint density at radius 3 is 2.64 bits per heavy atom. The van der Waals surface area contributed by atoms with Crippen molar-refractivity contribution in [1.29, 1.82) is 0 Å². The first-order valence-electron chi connectivity index (χ1n) is 7.71. The predicted molar refractivity (Wildman–Crippen MR) is 81.3 cm³/mol. The highest BCUT2D eigenvalue weighted by molar-refractivity contribution is 6.04. The maximum atomic E-state index is 12.4. The summed E-state index contributed by atoms with van der Waals surface area (Å²) in [5.74, 6) is -0.193. The van der Waals surface area contributed by atoms with E-state index in [-0.39, 0.29) is 24.5 Å². The number of hydrogen-bond donors (Lipinski definition) is 1. The van der Waals surface area contributed by atoms with Crippen molar-refractivity contribution in [1.82, 2.24) is 9.88 Å². The predicted octanol–water partition coefficient (Wildman–Crippen LogP) is -0.0461. The van der Waals surface area contributed by atoms with Crippen LogP contribution in [0.2, 0.25) is 0 Å². The van der Waals surface area contributed by atoms with Crippen LogP contribution < -0.4 is 12.4 Å². The summed E-state index contributed by atoms with van der Waals surface area (Å²) < 4.78 is 5.79. The van der Waals surface area contributed by atoms with Crippen LogP contribution >= 0.6 is 0 Å². The molecule has 1 unspecified atom stereocenters. The van der Waals surface area contributed by atoms with E-state index in [2.05, 4.69) is 16.9 Å². The molecule has 2 aliphatic heterocycles. The molecule has 1 aromatic heterocycles. The monoisotopic (exact) mass is 319 g/mol. The average Bonchev–Trinajstić information content (AvgIpc) is 2.98. The normalized spacial score (nSPS) is 27.6. The van der Waals surface area contributed by atoms with Crippen LogP contribution in [-0.2, 0) is 4.74 Å². The lowest BCUT2D eigenvalue weighted by Gasteiger charge is -2.35. The van der Waals surface area contributed by atoms with Crippen molar-refractivity contribution >= 4 is 16.9 Å². The molecule has 1 aromatic carbocycles. The third-order valence-corrected chi connectivity index (χ3v) is 5.14. The van der Waals surface area contributed by atoms with E-state index in [1.54, 1.807) is 6.20 Å². The Balaban J connectivity index is 0.00000144. The van der Waals surface area contributed by atoms with Gasteiger partial charge in [0.1, 0.15) is 6.10 Å². The Labute approximate surface area is 136 Å². The highest BCUT2D eigenvalue weighted by Gasteiger charge is 2.40. The van der Waals surface area contributed by atoms with Crippen molar-refractivity contribution in [2.24, 2.45) is 0 Å². The summed E-state index contributed by atoms with van der Waals surface area (Å²) in [5, 5.41) is 0.943. The lowest BCUT2D eigenvalue weighted by molar-refractivity contribution is -0.00106. The molecule has 0 spiro atoms. The van der Waals surface area contributed by atoms with Gasteiger partial charge < -0.3 is 27.0 Å². The number of aromatic nitrogens is 1. The smallest absolute Gasteiger partial charge is 0.340 e. The Kier molecular flexibility index (Phi) is 4.15. The van der Waals surface area contributed by atoms with Crippen molar-refractivity contribution in [3.63, 3.8) is 0 Å². The van der Waals surface area contributed by atoms with E-state index in [0.717, 1.165) is 23.7 Å². The number of esters is 1. The van der Waals surface area contributed by atoms with E-state index in [9.17, 15) is 4.79 Å². The fraction of sp³-hybridized carbons (Fsp3) is 0.471. The lowest BCUT2D eigenvalue weighted by atomic mass is 10.0. The standard InChI is InChI=1S/C17H20N2O2.ClH/c1-19-11-6-7-12(19)9-13(8-11)21-17(20)15-10-18-16-5-3-2-4-14(15)16;/h2-5,10-13,18H,6-9H2,1H3;1H/p-1/t11-,12+,13?;. The zero-order valence-corrected chi connectivity index (χ0v) is 13.3. The Hall–Kier alpha value is -1.52. The minimum absolute atomic E-state index is 0. The summed E-state index contributed by atoms with van der Waals surface area (Å²) in [5.41, 5.74) is 1.63. The number of rotatable bonds is 2. The molecule has 2 saturated heterocycles. The highest BCUT2D eigenvalue weighted by Crippen LogP contribution is 2.35. The number of halogens is 1. The summed E-state index contributed by atoms with van der Waals surface area (Å²) >= 11 is 0. The van der Waals surface area contributed by atoms with E-state index < -0.39 is 0 Å². The van der Waals surface area contributed by atoms with Gasteiger partial charge in [0.25, 0.3) is 0 Å². The molecule has 1 N–H and O–H groups in total. The van der Waals surface area contributed by atoms with E-state index >= 15 is 0 Å². The van der Waals surface area contributed by atoms with Crippen LogP contribution in [0.3, 0.4) is 0 Å². The van der Waals surface area contributed by atoms with Crippen LogP contribution in [0.25, 0.3) is 10.9 Å². The van der Waals surface area contributed by atoms with E-state index in [1.807, 2.05) is 24.3 Å². The molecule has 0 amide bonds. The van der Waals surface area contributed by atoms with Crippen molar-refractivity contribution in [2.45, 2.75) is 43.9 Å². The number of piperidine rings is 1. The molecule has 2 bridgehead atoms. The molecule has 3 atom stereocenters. The zero-order valence-electron chi connectivity index (χ0n) is 12.6. The third kappa shape index (κ3) is 2.50. The summed E-state index contributed by atoms with van der Waals surface area (Å²) in [7, 11) is 2.19. The van der Waals surface area contributed by atoms with Gasteiger partial charge in [-0.3, -0.25) is 0 Å². The number of H-pyrrole nitrogens is 1. The quantitative estimate of drug-likeness (QED) is 0.790. The molecule has 118 valence electrons. The van der Waals surface area contributed by atoms with Crippen LogP contribution in [0.4, 0.5) is 0 Å². The molecule has 22 heavy (non-hydrogen) atoms. The van der Waals surface area contributed by atoms with Crippen LogP contribution in [0.5, 0.6) is 0 Å². The maximum absolute atomic E-state index is 12.4. The number of fused-ring (bicyclic) bond motifs is 3. The molecule has 4 nitrogen and oxygen atoms in total. The molecule has 0 radical (unpaired) electrons. The largest absolute Gasteiger partial charge is 1.00 e. The van der Waals surface area contributed by atoms with Crippen molar-refractivity contribution in [2.75, 3.05) is 7.05 Å². The number of hydrogen-bond acceptors (Lipinski definition) is 3. The van der Waals surface area contributed by atoms with Gasteiger partial charge in [-0.05, 0) is 26.0 Å². The van der Waals surface area contributed by atoms with Gasteiger partial charge in [-0.1, -0.05) is 18.2 Å². The molecule has 5 heteroatoms. The van der Waals surface area contributed by atoms with Crippen molar-refractivity contribution < 1.29 is 21.9 Å². The number of carbonyl (C=O) groups is 1. The number of para-hydroxylation sites is 1. The van der Waals surface area contributed by atoms with Crippen molar-refractivity contribution in [3.8, 4) is 0 Å². The second-order valence-electron chi connectivity index (χ2n) is 6.30. The van der Waals surface area contributed by atoms with Gasteiger partial charge in [-0.25, -0.2) is 4.79 Å². The van der Waals surface area contributed by atoms with Crippen molar-refractivity contribution in [3.05, 3.63) is 36.0 Å². The van der Waals surface area contributed by atoms with Crippen LogP contribution in [0.15, 0.2) is 30.5 Å². The minimum Gasteiger partial charge on any atom is -1.00 e. The summed E-state index contributed by atoms with van der Waals surface area (Å²) in [6.07, 6.45) is 6.25. The van der Waals surface area contributed by atoms with Gasteiger partial charge in [0, 0.05) is 42.0 Å². The molecular weight excluding hydrogens is 300 g/mol. The first-order valence-corrected chi connectivity index (χ1v) is 7.71. The summed E-state index contributed by atoms with van der Waals surface area (Å²) in [4.78, 5) is 18.0. The van der Waals surface area contributed by atoms with E-state index in [0.29, 0.717) is 17.6 Å². The SMILES string of the molecule is CN1[C@@H]2CC[C@H]1CC(OC(=O)c1c[nH]c3ccccc13)C2.[Cl-]. The summed E-state index contributed by atoms with van der Waals surface area (Å²) in [6.45, 7) is 0. The second-order valence-corrected chi connectivity index (χ2v) is 6.30. The molecule has 4 rings (SSSR count). The highest BCUT2D eigenvalue weighted by atomic mass is 35.5. The molecule has 3 heterocycles. The fourth-order valence-corrected chi connectivity index (χ4v) is 3.91. The molecular formula is C17H20ClN2O2-. The van der Waals surface area contributed by atoms with Crippen LogP contribution in [-0.4, -0.2) is 41.1 Å².